The predicted octanol–water partition coefficient (Wildman–Crippen LogP) is 2.84. The third-order valence-corrected chi connectivity index (χ3v) is 4.69. The van der Waals surface area contributed by atoms with Gasteiger partial charge in [0.05, 0.1) is 0 Å². The highest BCUT2D eigenvalue weighted by molar-refractivity contribution is 14.0. The molecule has 8 heteroatoms. The molecule has 1 aliphatic rings. The summed E-state index contributed by atoms with van der Waals surface area (Å²) in [5, 5.41) is 10.8. The van der Waals surface area contributed by atoms with Crippen molar-refractivity contribution < 1.29 is 9.53 Å². The molecule has 1 aromatic heterocycles. The van der Waals surface area contributed by atoms with Crippen molar-refractivity contribution in [3.05, 3.63) is 22.4 Å². The number of thiophene rings is 1. The smallest absolute Gasteiger partial charge is 0.325 e. The molecule has 1 aliphatic heterocycles. The molecule has 2 rings (SSSR count). The highest BCUT2D eigenvalue weighted by atomic mass is 127. The topological polar surface area (TPSA) is 66.0 Å². The number of esters is 1. The lowest BCUT2D eigenvalue weighted by Gasteiger charge is -2.32. The van der Waals surface area contributed by atoms with Crippen molar-refractivity contribution in [2.24, 2.45) is 4.99 Å². The van der Waals surface area contributed by atoms with Crippen LogP contribution in [0, 0.1) is 0 Å². The fraction of sp³-hybridized carbons (Fsp3) is 0.667. The molecule has 0 bridgehead atoms. The lowest BCUT2D eigenvalue weighted by molar-refractivity contribution is -0.153. The molecule has 1 fully saturated rings. The molecule has 0 amide bonds. The standard InChI is InChI=1S/C18H30N4O2S.HI/c1-18(2,3)24-16(23)11-20-17(19-4)21-15-5-8-22(9-6-15)12-14-7-10-25-13-14;/h7,10,13,15H,5-6,8-9,11-12H2,1-4H3,(H2,19,20,21);1H. The van der Waals surface area contributed by atoms with Gasteiger partial charge in [-0.25, -0.2) is 0 Å². The van der Waals surface area contributed by atoms with E-state index in [1.54, 1.807) is 18.4 Å². The van der Waals surface area contributed by atoms with Crippen molar-refractivity contribution >= 4 is 47.2 Å². The molecule has 0 spiro atoms. The van der Waals surface area contributed by atoms with Crippen molar-refractivity contribution in [3.8, 4) is 0 Å². The summed E-state index contributed by atoms with van der Waals surface area (Å²) in [5.74, 6) is 0.378. The average molecular weight is 494 g/mol. The lowest BCUT2D eigenvalue weighted by atomic mass is 10.0. The zero-order valence-electron chi connectivity index (χ0n) is 16.1. The lowest BCUT2D eigenvalue weighted by Crippen LogP contribution is -2.49. The summed E-state index contributed by atoms with van der Waals surface area (Å²) in [5.41, 5.74) is 0.927. The molecule has 148 valence electrons. The maximum atomic E-state index is 11.8. The van der Waals surface area contributed by atoms with Crippen molar-refractivity contribution in [2.45, 2.75) is 51.8 Å². The Kier molecular flexibility index (Phi) is 9.88. The second-order valence-corrected chi connectivity index (χ2v) is 8.12. The summed E-state index contributed by atoms with van der Waals surface area (Å²) in [7, 11) is 1.72. The summed E-state index contributed by atoms with van der Waals surface area (Å²) in [6.07, 6.45) is 2.13. The van der Waals surface area contributed by atoms with Gasteiger partial charge in [0.15, 0.2) is 5.96 Å². The minimum absolute atomic E-state index is 0. The van der Waals surface area contributed by atoms with E-state index in [1.807, 2.05) is 20.8 Å². The number of nitrogens with zero attached hydrogens (tertiary/aromatic N) is 2. The second kappa shape index (κ2) is 11.1. The highest BCUT2D eigenvalue weighted by Crippen LogP contribution is 2.15. The predicted molar refractivity (Wildman–Crippen MR) is 118 cm³/mol. The quantitative estimate of drug-likeness (QED) is 0.285. The van der Waals surface area contributed by atoms with E-state index >= 15 is 0 Å². The van der Waals surface area contributed by atoms with E-state index in [1.165, 1.54) is 5.56 Å². The largest absolute Gasteiger partial charge is 0.459 e. The number of carbonyl (C=O) groups excluding carboxylic acids is 1. The molecule has 26 heavy (non-hydrogen) atoms. The molecule has 0 saturated carbocycles. The molecule has 1 saturated heterocycles. The fourth-order valence-electron chi connectivity index (χ4n) is 2.80. The van der Waals surface area contributed by atoms with E-state index in [4.69, 9.17) is 4.74 Å². The number of hydrogen-bond acceptors (Lipinski definition) is 5. The number of ether oxygens (including phenoxy) is 1. The molecule has 0 unspecified atom stereocenters. The summed E-state index contributed by atoms with van der Waals surface area (Å²) in [6.45, 7) is 8.87. The fourth-order valence-corrected chi connectivity index (χ4v) is 3.46. The number of nitrogens with one attached hydrogen (secondary N) is 2. The van der Waals surface area contributed by atoms with E-state index in [-0.39, 0.29) is 36.5 Å². The van der Waals surface area contributed by atoms with E-state index in [2.05, 4.69) is 37.4 Å². The third-order valence-electron chi connectivity index (χ3n) is 3.96. The van der Waals surface area contributed by atoms with Crippen LogP contribution in [0.1, 0.15) is 39.2 Å². The van der Waals surface area contributed by atoms with Crippen molar-refractivity contribution in [1.82, 2.24) is 15.5 Å². The Balaban J connectivity index is 0.00000338. The summed E-state index contributed by atoms with van der Waals surface area (Å²) >= 11 is 1.75. The number of halogens is 1. The molecular formula is C18H31IN4O2S. The number of rotatable bonds is 5. The minimum Gasteiger partial charge on any atom is -0.459 e. The van der Waals surface area contributed by atoms with Crippen LogP contribution in [-0.4, -0.2) is 55.2 Å². The SMILES string of the molecule is CN=C(NCC(=O)OC(C)(C)C)NC1CCN(Cc2ccsc2)CC1.I. The Labute approximate surface area is 177 Å². The van der Waals surface area contributed by atoms with Crippen LogP contribution in [0.25, 0.3) is 0 Å². The Hall–Kier alpha value is -0.870. The minimum atomic E-state index is -0.467. The molecule has 2 heterocycles. The van der Waals surface area contributed by atoms with E-state index in [0.29, 0.717) is 12.0 Å². The summed E-state index contributed by atoms with van der Waals surface area (Å²) in [6, 6.07) is 2.57. The van der Waals surface area contributed by atoms with Gasteiger partial charge in [0.25, 0.3) is 0 Å². The monoisotopic (exact) mass is 494 g/mol. The maximum absolute atomic E-state index is 11.8. The van der Waals surface area contributed by atoms with Crippen molar-refractivity contribution in [1.29, 1.82) is 0 Å². The normalized spacial score (nSPS) is 16.7. The van der Waals surface area contributed by atoms with Crippen molar-refractivity contribution in [3.63, 3.8) is 0 Å². The van der Waals surface area contributed by atoms with E-state index in [9.17, 15) is 4.79 Å². The first kappa shape index (κ1) is 23.2. The first-order chi connectivity index (χ1) is 11.9. The molecule has 0 atom stereocenters. The number of carbonyl (C=O) groups is 1. The average Bonchev–Trinajstić information content (AvgIpc) is 3.04. The van der Waals surface area contributed by atoms with Crippen LogP contribution in [0.2, 0.25) is 0 Å². The third kappa shape index (κ3) is 8.68. The van der Waals surface area contributed by atoms with Crippen LogP contribution in [0.3, 0.4) is 0 Å². The first-order valence-corrected chi connectivity index (χ1v) is 9.72. The van der Waals surface area contributed by atoms with Gasteiger partial charge in [-0.15, -0.1) is 24.0 Å². The summed E-state index contributed by atoms with van der Waals surface area (Å²) in [4.78, 5) is 18.5. The maximum Gasteiger partial charge on any atom is 0.325 e. The zero-order chi connectivity index (χ0) is 18.3. The van der Waals surface area contributed by atoms with Crippen LogP contribution in [-0.2, 0) is 16.1 Å². The van der Waals surface area contributed by atoms with Gasteiger partial charge in [-0.2, -0.15) is 11.3 Å². The van der Waals surface area contributed by atoms with Gasteiger partial charge >= 0.3 is 5.97 Å². The Morgan fingerprint density at radius 2 is 2.08 bits per heavy atom. The molecular weight excluding hydrogens is 463 g/mol. The van der Waals surface area contributed by atoms with Gasteiger partial charge in [-0.3, -0.25) is 14.7 Å². The molecule has 1 aromatic rings. The number of guanidine groups is 1. The Bertz CT molecular complexity index is 564. The molecule has 0 aromatic carbocycles. The van der Waals surface area contributed by atoms with E-state index < -0.39 is 5.60 Å². The number of piperidine rings is 1. The Morgan fingerprint density at radius 1 is 1.38 bits per heavy atom. The number of likely N-dealkylation sites (tertiary alicyclic amines) is 1. The van der Waals surface area contributed by atoms with Gasteiger partial charge in [0, 0.05) is 32.7 Å². The molecule has 6 nitrogen and oxygen atoms in total. The Morgan fingerprint density at radius 3 is 2.62 bits per heavy atom. The second-order valence-electron chi connectivity index (χ2n) is 7.34. The molecule has 2 N–H and O–H groups in total. The number of hydrogen-bond donors (Lipinski definition) is 2. The summed E-state index contributed by atoms with van der Waals surface area (Å²) < 4.78 is 5.30. The van der Waals surface area contributed by atoms with Gasteiger partial charge in [-0.05, 0) is 56.0 Å². The van der Waals surface area contributed by atoms with E-state index in [0.717, 1.165) is 32.5 Å². The first-order valence-electron chi connectivity index (χ1n) is 8.78. The van der Waals surface area contributed by atoms with Crippen LogP contribution in [0.15, 0.2) is 21.8 Å². The zero-order valence-corrected chi connectivity index (χ0v) is 19.2. The van der Waals surface area contributed by atoms with Gasteiger partial charge < -0.3 is 15.4 Å². The van der Waals surface area contributed by atoms with Crippen LogP contribution < -0.4 is 10.6 Å². The molecule has 0 radical (unpaired) electrons. The van der Waals surface area contributed by atoms with Gasteiger partial charge in [0.2, 0.25) is 0 Å². The van der Waals surface area contributed by atoms with Crippen LogP contribution in [0.5, 0.6) is 0 Å². The van der Waals surface area contributed by atoms with Crippen molar-refractivity contribution in [2.75, 3.05) is 26.7 Å². The van der Waals surface area contributed by atoms with Gasteiger partial charge in [0.1, 0.15) is 12.1 Å². The van der Waals surface area contributed by atoms with Crippen LogP contribution in [0.4, 0.5) is 0 Å². The molecule has 0 aliphatic carbocycles. The van der Waals surface area contributed by atoms with Crippen LogP contribution >= 0.6 is 35.3 Å². The number of aliphatic imine (C=N–C) groups is 1. The highest BCUT2D eigenvalue weighted by Gasteiger charge is 2.21. The van der Waals surface area contributed by atoms with Gasteiger partial charge in [-0.1, -0.05) is 0 Å².